The number of nitrogens with two attached hydrogens (primary N) is 1. The fourth-order valence-corrected chi connectivity index (χ4v) is 3.57. The van der Waals surface area contributed by atoms with Gasteiger partial charge in [0.25, 0.3) is 0 Å². The van der Waals surface area contributed by atoms with Gasteiger partial charge in [-0.15, -0.1) is 0 Å². The maximum absolute atomic E-state index is 13.6. The molecule has 2 aromatic carbocycles. The predicted octanol–water partition coefficient (Wildman–Crippen LogP) is 2.23. The molecule has 0 bridgehead atoms. The highest BCUT2D eigenvalue weighted by molar-refractivity contribution is 5.96. The lowest BCUT2D eigenvalue weighted by Crippen LogP contribution is -2.62. The van der Waals surface area contributed by atoms with E-state index in [2.05, 4.69) is 15.6 Å². The number of aromatic nitrogens is 1. The van der Waals surface area contributed by atoms with Gasteiger partial charge >= 0.3 is 6.03 Å². The van der Waals surface area contributed by atoms with Crippen LogP contribution in [0.3, 0.4) is 0 Å². The molecule has 0 spiro atoms. The van der Waals surface area contributed by atoms with Crippen LogP contribution in [0.1, 0.15) is 11.8 Å². The van der Waals surface area contributed by atoms with E-state index in [9.17, 15) is 14.3 Å². The summed E-state index contributed by atoms with van der Waals surface area (Å²) in [6, 6.07) is 11.7. The third-order valence-corrected chi connectivity index (χ3v) is 5.18. The lowest BCUT2D eigenvalue weighted by atomic mass is 9.98. The third kappa shape index (κ3) is 3.72. The first kappa shape index (κ1) is 19.1. The number of aliphatic hydroxyl groups is 1. The Morgan fingerprint density at radius 3 is 2.72 bits per heavy atom. The van der Waals surface area contributed by atoms with Crippen molar-refractivity contribution in [2.24, 2.45) is 0 Å². The molecular formula is C21H22FN5O2. The molecule has 1 unspecified atom stereocenters. The molecule has 8 heteroatoms. The van der Waals surface area contributed by atoms with Crippen molar-refractivity contribution in [1.29, 1.82) is 0 Å². The molecule has 7 nitrogen and oxygen atoms in total. The van der Waals surface area contributed by atoms with Gasteiger partial charge in [0, 0.05) is 43.3 Å². The zero-order chi connectivity index (χ0) is 20.5. The van der Waals surface area contributed by atoms with Crippen LogP contribution in [0.4, 0.5) is 15.0 Å². The number of amides is 2. The average Bonchev–Trinajstić information content (AvgIpc) is 2.70. The SMILES string of the molecule is CNC(=O)N1CC(NC(O)c2cnc(N)c3cc(-c4cccc(F)c4)ccc23)C1. The molecule has 1 atom stereocenters. The van der Waals surface area contributed by atoms with Crippen LogP contribution in [0.2, 0.25) is 0 Å². The summed E-state index contributed by atoms with van der Waals surface area (Å²) in [6.07, 6.45) is 0.592. The normalized spacial score (nSPS) is 15.2. The number of carbonyl (C=O) groups is 1. The number of urea groups is 1. The second-order valence-corrected chi connectivity index (χ2v) is 7.10. The van der Waals surface area contributed by atoms with Crippen molar-refractivity contribution in [2.45, 2.75) is 12.3 Å². The first-order chi connectivity index (χ1) is 14.0. The molecule has 1 fully saturated rings. The van der Waals surface area contributed by atoms with Gasteiger partial charge in [0.15, 0.2) is 0 Å². The smallest absolute Gasteiger partial charge is 0.317 e. The molecule has 0 saturated carbocycles. The van der Waals surface area contributed by atoms with E-state index in [1.54, 1.807) is 24.2 Å². The Bertz CT molecular complexity index is 1070. The van der Waals surface area contributed by atoms with Crippen molar-refractivity contribution in [3.63, 3.8) is 0 Å². The summed E-state index contributed by atoms with van der Waals surface area (Å²) in [5.74, 6) is 0.0250. The van der Waals surface area contributed by atoms with Crippen molar-refractivity contribution in [2.75, 3.05) is 25.9 Å². The molecule has 4 rings (SSSR count). The second kappa shape index (κ2) is 7.65. The van der Waals surface area contributed by atoms with E-state index in [1.165, 1.54) is 12.1 Å². The molecule has 2 heterocycles. The van der Waals surface area contributed by atoms with Crippen molar-refractivity contribution in [3.05, 3.63) is 60.0 Å². The largest absolute Gasteiger partial charge is 0.383 e. The van der Waals surface area contributed by atoms with Crippen LogP contribution in [0, 0.1) is 5.82 Å². The fourth-order valence-electron chi connectivity index (χ4n) is 3.57. The van der Waals surface area contributed by atoms with Gasteiger partial charge in [-0.25, -0.2) is 14.2 Å². The number of nitrogens with zero attached hydrogens (tertiary/aromatic N) is 2. The predicted molar refractivity (Wildman–Crippen MR) is 109 cm³/mol. The summed E-state index contributed by atoms with van der Waals surface area (Å²) in [5, 5.41) is 17.8. The van der Waals surface area contributed by atoms with Crippen LogP contribution < -0.4 is 16.4 Å². The van der Waals surface area contributed by atoms with E-state index < -0.39 is 6.23 Å². The van der Waals surface area contributed by atoms with Crippen LogP contribution in [0.15, 0.2) is 48.7 Å². The van der Waals surface area contributed by atoms with Gasteiger partial charge in [-0.1, -0.05) is 24.3 Å². The monoisotopic (exact) mass is 395 g/mol. The van der Waals surface area contributed by atoms with E-state index >= 15 is 0 Å². The Morgan fingerprint density at radius 2 is 2.00 bits per heavy atom. The fraction of sp³-hybridized carbons (Fsp3) is 0.238. The van der Waals surface area contributed by atoms with Crippen LogP contribution in [0.5, 0.6) is 0 Å². The number of aliphatic hydroxyl groups excluding tert-OH is 1. The van der Waals surface area contributed by atoms with Crippen LogP contribution in [0.25, 0.3) is 21.9 Å². The van der Waals surface area contributed by atoms with Crippen molar-refractivity contribution >= 4 is 22.6 Å². The van der Waals surface area contributed by atoms with Crippen LogP contribution in [-0.4, -0.2) is 47.2 Å². The van der Waals surface area contributed by atoms with E-state index in [-0.39, 0.29) is 17.9 Å². The lowest BCUT2D eigenvalue weighted by Gasteiger charge is -2.40. The molecular weight excluding hydrogens is 373 g/mol. The zero-order valence-electron chi connectivity index (χ0n) is 15.9. The first-order valence-electron chi connectivity index (χ1n) is 9.31. The standard InChI is InChI=1S/C21H22FN5O2/c1-24-21(29)27-10-15(11-27)26-20(28)18-9-25-19(23)17-8-13(5-6-16(17)18)12-3-2-4-14(22)7-12/h2-9,15,20,26,28H,10-11H2,1H3,(H2,23,25)(H,24,29). The average molecular weight is 395 g/mol. The van der Waals surface area contributed by atoms with E-state index in [0.717, 1.165) is 16.5 Å². The Labute approximate surface area is 167 Å². The van der Waals surface area contributed by atoms with Gasteiger partial charge in [-0.3, -0.25) is 5.32 Å². The molecule has 3 aromatic rings. The highest BCUT2D eigenvalue weighted by Gasteiger charge is 2.31. The Balaban J connectivity index is 1.59. The molecule has 29 heavy (non-hydrogen) atoms. The number of anilines is 1. The molecule has 5 N–H and O–H groups in total. The van der Waals surface area contributed by atoms with Gasteiger partial charge < -0.3 is 21.1 Å². The quantitative estimate of drug-likeness (QED) is 0.507. The van der Waals surface area contributed by atoms with E-state index in [0.29, 0.717) is 29.9 Å². The minimum absolute atomic E-state index is 0.0125. The van der Waals surface area contributed by atoms with Gasteiger partial charge in [0.2, 0.25) is 0 Å². The number of pyridine rings is 1. The number of nitrogens with one attached hydrogen (secondary N) is 2. The first-order valence-corrected chi connectivity index (χ1v) is 9.31. The number of halogens is 1. The number of nitrogen functional groups attached to an aromatic ring is 1. The van der Waals surface area contributed by atoms with E-state index in [4.69, 9.17) is 5.73 Å². The topological polar surface area (TPSA) is 104 Å². The van der Waals surface area contributed by atoms with Gasteiger partial charge in [0.05, 0.1) is 0 Å². The minimum atomic E-state index is -0.956. The molecule has 150 valence electrons. The number of likely N-dealkylation sites (tertiary alicyclic amines) is 1. The minimum Gasteiger partial charge on any atom is -0.383 e. The van der Waals surface area contributed by atoms with Gasteiger partial charge in [0.1, 0.15) is 17.9 Å². The summed E-state index contributed by atoms with van der Waals surface area (Å²) >= 11 is 0. The van der Waals surface area contributed by atoms with E-state index in [1.807, 2.05) is 24.3 Å². The highest BCUT2D eigenvalue weighted by atomic mass is 19.1. The number of carbonyl (C=O) groups excluding carboxylic acids is 1. The summed E-state index contributed by atoms with van der Waals surface area (Å²) in [7, 11) is 1.59. The van der Waals surface area contributed by atoms with Crippen molar-refractivity contribution in [3.8, 4) is 11.1 Å². The lowest BCUT2D eigenvalue weighted by molar-refractivity contribution is 0.0720. The van der Waals surface area contributed by atoms with Crippen molar-refractivity contribution < 1.29 is 14.3 Å². The second-order valence-electron chi connectivity index (χ2n) is 7.10. The Hall–Kier alpha value is -3.23. The summed E-state index contributed by atoms with van der Waals surface area (Å²) in [6.45, 7) is 1.03. The zero-order valence-corrected chi connectivity index (χ0v) is 15.9. The summed E-state index contributed by atoms with van der Waals surface area (Å²) < 4.78 is 13.6. The summed E-state index contributed by atoms with van der Waals surface area (Å²) in [4.78, 5) is 17.4. The number of rotatable bonds is 4. The number of fused-ring (bicyclic) bond motifs is 1. The third-order valence-electron chi connectivity index (χ3n) is 5.18. The Morgan fingerprint density at radius 1 is 1.24 bits per heavy atom. The molecule has 0 radical (unpaired) electrons. The number of hydrogen-bond donors (Lipinski definition) is 4. The van der Waals surface area contributed by atoms with Crippen LogP contribution in [-0.2, 0) is 0 Å². The number of hydrogen-bond acceptors (Lipinski definition) is 5. The van der Waals surface area contributed by atoms with Crippen LogP contribution >= 0.6 is 0 Å². The maximum Gasteiger partial charge on any atom is 0.317 e. The molecule has 1 aliphatic rings. The molecule has 1 aliphatic heterocycles. The van der Waals surface area contributed by atoms with Gasteiger partial charge in [-0.05, 0) is 34.7 Å². The van der Waals surface area contributed by atoms with Gasteiger partial charge in [-0.2, -0.15) is 0 Å². The summed E-state index contributed by atoms with van der Waals surface area (Å²) in [5.41, 5.74) is 8.21. The molecule has 1 aromatic heterocycles. The highest BCUT2D eigenvalue weighted by Crippen LogP contribution is 2.31. The number of benzene rings is 2. The Kier molecular flexibility index (Phi) is 5.04. The maximum atomic E-state index is 13.6. The van der Waals surface area contributed by atoms with Crippen molar-refractivity contribution in [1.82, 2.24) is 20.5 Å². The molecule has 2 amide bonds. The molecule has 0 aliphatic carbocycles. The molecule has 1 saturated heterocycles.